The summed E-state index contributed by atoms with van der Waals surface area (Å²) in [6.07, 6.45) is 1.17. The van der Waals surface area contributed by atoms with Gasteiger partial charge in [0.1, 0.15) is 12.4 Å². The van der Waals surface area contributed by atoms with E-state index >= 15 is 0 Å². The molecule has 3 aromatic carbocycles. The molecule has 0 atom stereocenters. The van der Waals surface area contributed by atoms with Crippen molar-refractivity contribution in [2.45, 2.75) is 6.54 Å². The Kier molecular flexibility index (Phi) is 7.70. The van der Waals surface area contributed by atoms with E-state index in [-0.39, 0.29) is 12.5 Å². The zero-order valence-electron chi connectivity index (χ0n) is 17.0. The average Bonchev–Trinajstić information content (AvgIpc) is 2.75. The standard InChI is InChI=1S/C23H23BrN2O4S/c1-31(28,29)26(21-7-5-6-20(24)16-21)17-18-10-12-19(13-11-18)23(27)25-14-15-30-22-8-3-2-4-9-22/h2-13,16H,14-15,17H2,1H3,(H,25,27). The van der Waals surface area contributed by atoms with Crippen LogP contribution in [0, 0.1) is 0 Å². The average molecular weight is 503 g/mol. The number of carbonyl (C=O) groups excluding carboxylic acids is 1. The van der Waals surface area contributed by atoms with Crippen molar-refractivity contribution in [1.29, 1.82) is 0 Å². The predicted molar refractivity (Wildman–Crippen MR) is 126 cm³/mol. The Balaban J connectivity index is 1.58. The molecule has 162 valence electrons. The van der Waals surface area contributed by atoms with Crippen LogP contribution in [0.5, 0.6) is 5.75 Å². The summed E-state index contributed by atoms with van der Waals surface area (Å²) >= 11 is 3.37. The Morgan fingerprint density at radius 3 is 2.35 bits per heavy atom. The van der Waals surface area contributed by atoms with Crippen LogP contribution in [0.4, 0.5) is 5.69 Å². The number of nitrogens with zero attached hydrogens (tertiary/aromatic N) is 1. The van der Waals surface area contributed by atoms with Crippen molar-refractivity contribution < 1.29 is 17.9 Å². The molecule has 0 aliphatic rings. The summed E-state index contributed by atoms with van der Waals surface area (Å²) in [6.45, 7) is 0.909. The van der Waals surface area contributed by atoms with Crippen LogP contribution in [-0.4, -0.2) is 33.7 Å². The van der Waals surface area contributed by atoms with Crippen molar-refractivity contribution in [3.8, 4) is 5.75 Å². The molecule has 0 unspecified atom stereocenters. The first kappa shape index (κ1) is 22.8. The number of rotatable bonds is 9. The maximum absolute atomic E-state index is 12.3. The molecule has 8 heteroatoms. The van der Waals surface area contributed by atoms with E-state index in [0.717, 1.165) is 15.8 Å². The lowest BCUT2D eigenvalue weighted by Crippen LogP contribution is -2.29. The van der Waals surface area contributed by atoms with Crippen molar-refractivity contribution in [2.24, 2.45) is 0 Å². The summed E-state index contributed by atoms with van der Waals surface area (Å²) in [5, 5.41) is 2.81. The highest BCUT2D eigenvalue weighted by Crippen LogP contribution is 2.24. The van der Waals surface area contributed by atoms with Gasteiger partial charge in [-0.05, 0) is 48.0 Å². The molecule has 31 heavy (non-hydrogen) atoms. The van der Waals surface area contributed by atoms with Crippen molar-refractivity contribution in [1.82, 2.24) is 5.32 Å². The molecule has 0 aliphatic heterocycles. The number of halogens is 1. The molecular formula is C23H23BrN2O4S. The first-order valence-corrected chi connectivity index (χ1v) is 12.3. The van der Waals surface area contributed by atoms with Gasteiger partial charge in [-0.2, -0.15) is 0 Å². The van der Waals surface area contributed by atoms with E-state index in [4.69, 9.17) is 4.74 Å². The summed E-state index contributed by atoms with van der Waals surface area (Å²) in [5.41, 5.74) is 1.84. The van der Waals surface area contributed by atoms with Gasteiger partial charge in [0.2, 0.25) is 10.0 Å². The van der Waals surface area contributed by atoms with Crippen LogP contribution in [0.25, 0.3) is 0 Å². The van der Waals surface area contributed by atoms with Gasteiger partial charge in [-0.3, -0.25) is 9.10 Å². The summed E-state index contributed by atoms with van der Waals surface area (Å²) in [6, 6.07) is 23.4. The maximum atomic E-state index is 12.3. The van der Waals surface area contributed by atoms with Gasteiger partial charge in [0.05, 0.1) is 25.0 Å². The number of benzene rings is 3. The Labute approximate surface area is 191 Å². The Bertz CT molecular complexity index is 1120. The molecular weight excluding hydrogens is 480 g/mol. The summed E-state index contributed by atoms with van der Waals surface area (Å²) < 4.78 is 32.3. The minimum Gasteiger partial charge on any atom is -0.492 e. The molecule has 0 bridgehead atoms. The number of nitrogens with one attached hydrogen (secondary N) is 1. The highest BCUT2D eigenvalue weighted by atomic mass is 79.9. The quantitative estimate of drug-likeness (QED) is 0.444. The summed E-state index contributed by atoms with van der Waals surface area (Å²) in [5.74, 6) is 0.539. The maximum Gasteiger partial charge on any atom is 0.251 e. The third-order valence-electron chi connectivity index (χ3n) is 4.44. The first-order valence-electron chi connectivity index (χ1n) is 9.61. The van der Waals surface area contributed by atoms with Crippen LogP contribution in [0.15, 0.2) is 83.3 Å². The van der Waals surface area contributed by atoms with Crippen LogP contribution in [0.3, 0.4) is 0 Å². The highest BCUT2D eigenvalue weighted by molar-refractivity contribution is 9.10. The van der Waals surface area contributed by atoms with Crippen LogP contribution >= 0.6 is 15.9 Å². The van der Waals surface area contributed by atoms with E-state index in [1.165, 1.54) is 10.6 Å². The second-order valence-corrected chi connectivity index (χ2v) is 9.69. The number of amides is 1. The predicted octanol–water partition coefficient (Wildman–Crippen LogP) is 4.22. The molecule has 0 spiro atoms. The van der Waals surface area contributed by atoms with E-state index in [1.54, 1.807) is 42.5 Å². The van der Waals surface area contributed by atoms with E-state index in [2.05, 4.69) is 21.2 Å². The number of ether oxygens (including phenoxy) is 1. The molecule has 0 saturated carbocycles. The molecule has 0 fully saturated rings. The second kappa shape index (κ2) is 10.5. The number of sulfonamides is 1. The number of para-hydroxylation sites is 1. The Hall–Kier alpha value is -2.84. The van der Waals surface area contributed by atoms with E-state index < -0.39 is 10.0 Å². The van der Waals surface area contributed by atoms with E-state index in [0.29, 0.717) is 24.4 Å². The summed E-state index contributed by atoms with van der Waals surface area (Å²) in [7, 11) is -3.48. The van der Waals surface area contributed by atoms with E-state index in [1.807, 2.05) is 36.4 Å². The van der Waals surface area contributed by atoms with E-state index in [9.17, 15) is 13.2 Å². The van der Waals surface area contributed by atoms with Gasteiger partial charge in [-0.15, -0.1) is 0 Å². The fraction of sp³-hybridized carbons (Fsp3) is 0.174. The zero-order valence-corrected chi connectivity index (χ0v) is 19.4. The normalized spacial score (nSPS) is 11.0. The fourth-order valence-corrected chi connectivity index (χ4v) is 4.18. The lowest BCUT2D eigenvalue weighted by Gasteiger charge is -2.23. The van der Waals surface area contributed by atoms with Gasteiger partial charge in [0, 0.05) is 10.0 Å². The number of hydrogen-bond donors (Lipinski definition) is 1. The molecule has 0 radical (unpaired) electrons. The number of carbonyl (C=O) groups is 1. The van der Waals surface area contributed by atoms with Crippen molar-refractivity contribution in [3.63, 3.8) is 0 Å². The minimum atomic E-state index is -3.48. The fourth-order valence-electron chi connectivity index (χ4n) is 2.91. The second-order valence-electron chi connectivity index (χ2n) is 6.86. The molecule has 0 aromatic heterocycles. The van der Waals surface area contributed by atoms with Crippen molar-refractivity contribution >= 4 is 37.5 Å². The van der Waals surface area contributed by atoms with Crippen molar-refractivity contribution in [3.05, 3.63) is 94.5 Å². The van der Waals surface area contributed by atoms with Crippen LogP contribution in [0.1, 0.15) is 15.9 Å². The number of anilines is 1. The molecule has 1 N–H and O–H groups in total. The SMILES string of the molecule is CS(=O)(=O)N(Cc1ccc(C(=O)NCCOc2ccccc2)cc1)c1cccc(Br)c1. The smallest absolute Gasteiger partial charge is 0.251 e. The lowest BCUT2D eigenvalue weighted by molar-refractivity contribution is 0.0947. The third-order valence-corrected chi connectivity index (χ3v) is 6.07. The van der Waals surface area contributed by atoms with Gasteiger partial charge < -0.3 is 10.1 Å². The molecule has 6 nitrogen and oxygen atoms in total. The number of hydrogen-bond acceptors (Lipinski definition) is 4. The zero-order chi connectivity index (χ0) is 22.3. The van der Waals surface area contributed by atoms with Gasteiger partial charge in [-0.25, -0.2) is 8.42 Å². The van der Waals surface area contributed by atoms with Crippen LogP contribution < -0.4 is 14.4 Å². The van der Waals surface area contributed by atoms with Gasteiger partial charge >= 0.3 is 0 Å². The first-order chi connectivity index (χ1) is 14.8. The summed E-state index contributed by atoms with van der Waals surface area (Å²) in [4.78, 5) is 12.3. The molecule has 3 aromatic rings. The molecule has 1 amide bonds. The Morgan fingerprint density at radius 1 is 1.00 bits per heavy atom. The van der Waals surface area contributed by atoms with Crippen molar-refractivity contribution in [2.75, 3.05) is 23.7 Å². The topological polar surface area (TPSA) is 75.7 Å². The highest BCUT2D eigenvalue weighted by Gasteiger charge is 2.18. The van der Waals surface area contributed by atoms with Crippen LogP contribution in [0.2, 0.25) is 0 Å². The molecule has 0 saturated heterocycles. The van der Waals surface area contributed by atoms with Gasteiger partial charge in [0.15, 0.2) is 0 Å². The third kappa shape index (κ3) is 6.83. The minimum absolute atomic E-state index is 0.169. The largest absolute Gasteiger partial charge is 0.492 e. The lowest BCUT2D eigenvalue weighted by atomic mass is 10.1. The molecule has 0 heterocycles. The van der Waals surface area contributed by atoms with Gasteiger partial charge in [-0.1, -0.05) is 52.3 Å². The van der Waals surface area contributed by atoms with Gasteiger partial charge in [0.25, 0.3) is 5.91 Å². The molecule has 3 rings (SSSR count). The Morgan fingerprint density at radius 2 is 1.71 bits per heavy atom. The van der Waals surface area contributed by atoms with Crippen LogP contribution in [-0.2, 0) is 16.6 Å². The monoisotopic (exact) mass is 502 g/mol. The molecule has 0 aliphatic carbocycles.